The summed E-state index contributed by atoms with van der Waals surface area (Å²) in [5.41, 5.74) is 0. The van der Waals surface area contributed by atoms with E-state index in [0.717, 1.165) is 0 Å². The molecule has 0 aromatic rings. The monoisotopic (exact) mass is 162 g/mol. The maximum absolute atomic E-state index is 11.3. The molecule has 0 heterocycles. The first-order valence-electron chi connectivity index (χ1n) is 1.97. The summed E-state index contributed by atoms with van der Waals surface area (Å²) in [4.78, 5) is 0. The Morgan fingerprint density at radius 2 is 1.89 bits per heavy atom. The van der Waals surface area contributed by atoms with Gasteiger partial charge in [0.2, 0.25) is 0 Å². The third-order valence-electron chi connectivity index (χ3n) is 0.527. The van der Waals surface area contributed by atoms with Crippen LogP contribution in [-0.4, -0.2) is 12.9 Å². The highest BCUT2D eigenvalue weighted by Gasteiger charge is 2.31. The second-order valence-corrected chi connectivity index (χ2v) is 1.61. The average molecular weight is 163 g/mol. The van der Waals surface area contributed by atoms with Crippen LogP contribution < -0.4 is 0 Å². The van der Waals surface area contributed by atoms with E-state index in [1.165, 1.54) is 0 Å². The van der Waals surface area contributed by atoms with Crippen molar-refractivity contribution < 1.29 is 17.6 Å². The lowest BCUT2D eigenvalue weighted by Crippen LogP contribution is -2.06. The smallest absolute Gasteiger partial charge is 0.247 e. The van der Waals surface area contributed by atoms with Crippen molar-refractivity contribution in [2.24, 2.45) is 0 Å². The van der Waals surface area contributed by atoms with Gasteiger partial charge in [-0.2, -0.15) is 13.2 Å². The summed E-state index contributed by atoms with van der Waals surface area (Å²) in [7, 11) is 0. The van der Waals surface area contributed by atoms with Crippen LogP contribution in [0.25, 0.3) is 0 Å². The third-order valence-corrected chi connectivity index (χ3v) is 0.896. The molecule has 0 aromatic heterocycles. The van der Waals surface area contributed by atoms with Gasteiger partial charge in [-0.05, 0) is 6.08 Å². The van der Waals surface area contributed by atoms with Crippen molar-refractivity contribution in [3.63, 3.8) is 0 Å². The highest BCUT2D eigenvalue weighted by molar-refractivity contribution is 6.30. The van der Waals surface area contributed by atoms with Crippen LogP contribution in [-0.2, 0) is 0 Å². The summed E-state index contributed by atoms with van der Waals surface area (Å²) >= 11 is 4.55. The van der Waals surface area contributed by atoms with Crippen LogP contribution in [0.2, 0.25) is 0 Å². The first-order chi connectivity index (χ1) is 3.98. The average Bonchev–Trinajstić information content (AvgIpc) is 1.64. The molecular weight excluding hydrogens is 159 g/mol. The first-order valence-corrected chi connectivity index (χ1v) is 2.35. The Hall–Kier alpha value is -0.250. The van der Waals surface area contributed by atoms with Crippen LogP contribution >= 0.6 is 11.6 Å². The zero-order valence-corrected chi connectivity index (χ0v) is 4.93. The molecule has 9 heavy (non-hydrogen) atoms. The van der Waals surface area contributed by atoms with Crippen LogP contribution in [0.15, 0.2) is 11.1 Å². The van der Waals surface area contributed by atoms with Crippen LogP contribution in [0.1, 0.15) is 0 Å². The molecule has 0 saturated carbocycles. The predicted molar refractivity (Wildman–Crippen MR) is 26.0 cm³/mol. The van der Waals surface area contributed by atoms with E-state index >= 15 is 0 Å². The molecule has 0 aliphatic heterocycles. The van der Waals surface area contributed by atoms with Crippen molar-refractivity contribution in [1.29, 1.82) is 0 Å². The standard InChI is InChI=1S/C4H3ClF4/c5-3(1-2-6)4(7,8)9/h1H,2H2/b3-1+. The van der Waals surface area contributed by atoms with Crippen molar-refractivity contribution in [3.8, 4) is 0 Å². The molecule has 0 aromatic carbocycles. The van der Waals surface area contributed by atoms with E-state index in [1.54, 1.807) is 0 Å². The van der Waals surface area contributed by atoms with E-state index in [1.807, 2.05) is 0 Å². The van der Waals surface area contributed by atoms with Gasteiger partial charge in [-0.25, -0.2) is 4.39 Å². The van der Waals surface area contributed by atoms with E-state index < -0.39 is 17.9 Å². The lowest BCUT2D eigenvalue weighted by Gasteiger charge is -2.01. The summed E-state index contributed by atoms with van der Waals surface area (Å²) in [5, 5.41) is -1.41. The van der Waals surface area contributed by atoms with Gasteiger partial charge in [-0.15, -0.1) is 0 Å². The molecule has 0 radical (unpaired) electrons. The summed E-state index contributed by atoms with van der Waals surface area (Å²) < 4.78 is 44.9. The molecule has 0 aliphatic carbocycles. The van der Waals surface area contributed by atoms with Gasteiger partial charge in [0.1, 0.15) is 11.7 Å². The Balaban J connectivity index is 4.03. The SMILES string of the molecule is FC/C=C(/Cl)C(F)(F)F. The van der Waals surface area contributed by atoms with E-state index in [2.05, 4.69) is 11.6 Å². The molecular formula is C4H3ClF4. The fraction of sp³-hybridized carbons (Fsp3) is 0.500. The van der Waals surface area contributed by atoms with E-state index in [0.29, 0.717) is 0 Å². The molecule has 54 valence electrons. The first kappa shape index (κ1) is 8.75. The van der Waals surface area contributed by atoms with E-state index in [9.17, 15) is 17.6 Å². The van der Waals surface area contributed by atoms with Crippen molar-refractivity contribution >= 4 is 11.6 Å². The molecule has 0 nitrogen and oxygen atoms in total. The van der Waals surface area contributed by atoms with Crippen molar-refractivity contribution in [1.82, 2.24) is 0 Å². The molecule has 5 heteroatoms. The zero-order valence-electron chi connectivity index (χ0n) is 4.17. The van der Waals surface area contributed by atoms with Gasteiger partial charge in [0.05, 0.1) is 0 Å². The molecule has 0 aliphatic rings. The van der Waals surface area contributed by atoms with Gasteiger partial charge < -0.3 is 0 Å². The number of alkyl halides is 4. The predicted octanol–water partition coefficient (Wildman–Crippen LogP) is 2.64. The fourth-order valence-electron chi connectivity index (χ4n) is 0.183. The van der Waals surface area contributed by atoms with Crippen molar-refractivity contribution in [3.05, 3.63) is 11.1 Å². The minimum Gasteiger partial charge on any atom is -0.247 e. The molecule has 0 bridgehead atoms. The largest absolute Gasteiger partial charge is 0.426 e. The quantitative estimate of drug-likeness (QED) is 0.520. The number of hydrogen-bond acceptors (Lipinski definition) is 0. The van der Waals surface area contributed by atoms with Gasteiger partial charge in [-0.1, -0.05) is 11.6 Å². The molecule has 0 amide bonds. The molecule has 0 saturated heterocycles. The van der Waals surface area contributed by atoms with Crippen molar-refractivity contribution in [2.75, 3.05) is 6.67 Å². The highest BCUT2D eigenvalue weighted by Crippen LogP contribution is 2.27. The molecule has 0 unspecified atom stereocenters. The minimum atomic E-state index is -4.60. The second kappa shape index (κ2) is 3.06. The van der Waals surface area contributed by atoms with E-state index in [4.69, 9.17) is 0 Å². The lowest BCUT2D eigenvalue weighted by molar-refractivity contribution is -0.0848. The highest BCUT2D eigenvalue weighted by atomic mass is 35.5. The minimum absolute atomic E-state index is 0.265. The fourth-order valence-corrected chi connectivity index (χ4v) is 0.242. The molecule has 0 fully saturated rings. The van der Waals surface area contributed by atoms with Crippen LogP contribution in [0, 0.1) is 0 Å². The summed E-state index contributed by atoms with van der Waals surface area (Å²) in [5.74, 6) is 0. The Labute approximate surface area is 54.1 Å². The van der Waals surface area contributed by atoms with Gasteiger partial charge in [0.15, 0.2) is 0 Å². The Kier molecular flexibility index (Phi) is 2.97. The van der Waals surface area contributed by atoms with Gasteiger partial charge in [-0.3, -0.25) is 0 Å². The maximum atomic E-state index is 11.3. The Bertz CT molecular complexity index is 114. The lowest BCUT2D eigenvalue weighted by atomic mass is 10.5. The second-order valence-electron chi connectivity index (χ2n) is 1.20. The van der Waals surface area contributed by atoms with Crippen LogP contribution in [0.3, 0.4) is 0 Å². The van der Waals surface area contributed by atoms with E-state index in [-0.39, 0.29) is 6.08 Å². The zero-order chi connectivity index (χ0) is 7.49. The van der Waals surface area contributed by atoms with Gasteiger partial charge in [0, 0.05) is 0 Å². The van der Waals surface area contributed by atoms with Crippen LogP contribution in [0.5, 0.6) is 0 Å². The number of allylic oxidation sites excluding steroid dienone is 2. The normalized spacial score (nSPS) is 14.1. The van der Waals surface area contributed by atoms with Crippen molar-refractivity contribution in [2.45, 2.75) is 6.18 Å². The topological polar surface area (TPSA) is 0 Å². The Morgan fingerprint density at radius 1 is 1.44 bits per heavy atom. The number of halogens is 5. The molecule has 0 rings (SSSR count). The van der Waals surface area contributed by atoms with Gasteiger partial charge in [0.25, 0.3) is 0 Å². The summed E-state index contributed by atoms with van der Waals surface area (Å²) in [6.07, 6.45) is -4.34. The molecule has 0 N–H and O–H groups in total. The van der Waals surface area contributed by atoms with Gasteiger partial charge >= 0.3 is 6.18 Å². The Morgan fingerprint density at radius 3 is 2.00 bits per heavy atom. The maximum Gasteiger partial charge on any atom is 0.426 e. The molecule has 0 spiro atoms. The third kappa shape index (κ3) is 3.35. The number of hydrogen-bond donors (Lipinski definition) is 0. The number of rotatable bonds is 1. The summed E-state index contributed by atoms with van der Waals surface area (Å²) in [6.45, 7) is -1.20. The molecule has 0 atom stereocenters. The van der Waals surface area contributed by atoms with Crippen LogP contribution in [0.4, 0.5) is 17.6 Å². The summed E-state index contributed by atoms with van der Waals surface area (Å²) in [6, 6.07) is 0.